The second-order valence-corrected chi connectivity index (χ2v) is 5.04. The first kappa shape index (κ1) is 14.0. The van der Waals surface area contributed by atoms with Crippen LogP contribution < -0.4 is 11.2 Å². The van der Waals surface area contributed by atoms with Crippen molar-refractivity contribution in [3.05, 3.63) is 63.1 Å². The van der Waals surface area contributed by atoms with Gasteiger partial charge in [-0.1, -0.05) is 30.3 Å². The maximum absolute atomic E-state index is 12.3. The first-order valence-electron chi connectivity index (χ1n) is 6.70. The Kier molecular flexibility index (Phi) is 3.25. The van der Waals surface area contributed by atoms with Gasteiger partial charge in [-0.15, -0.1) is 0 Å². The quantitative estimate of drug-likeness (QED) is 0.652. The van der Waals surface area contributed by atoms with E-state index in [2.05, 4.69) is 4.98 Å². The molecule has 1 aromatic carbocycles. The van der Waals surface area contributed by atoms with Gasteiger partial charge in [0.25, 0.3) is 5.56 Å². The van der Waals surface area contributed by atoms with Crippen LogP contribution in [0.1, 0.15) is 10.4 Å². The summed E-state index contributed by atoms with van der Waals surface area (Å²) in [5.74, 6) is -0.118. The Balaban J connectivity index is 2.12. The number of aryl methyl sites for hydroxylation is 1. The number of rotatable bonds is 3. The minimum absolute atomic E-state index is 0.0148. The van der Waals surface area contributed by atoms with Crippen LogP contribution in [0.4, 0.5) is 0 Å². The zero-order valence-corrected chi connectivity index (χ0v) is 12.2. The highest BCUT2D eigenvalue weighted by atomic mass is 16.2. The number of carbonyl (C=O) groups is 1. The smallest absolute Gasteiger partial charge is 0.309 e. The number of ketones is 1. The van der Waals surface area contributed by atoms with Gasteiger partial charge in [0.15, 0.2) is 11.3 Å². The van der Waals surface area contributed by atoms with E-state index >= 15 is 0 Å². The number of fused-ring (bicyclic) bond motifs is 1. The predicted molar refractivity (Wildman–Crippen MR) is 81.0 cm³/mol. The molecule has 0 N–H and O–H groups in total. The zero-order chi connectivity index (χ0) is 15.9. The lowest BCUT2D eigenvalue weighted by atomic mass is 10.1. The van der Waals surface area contributed by atoms with Crippen LogP contribution in [0.15, 0.2) is 46.2 Å². The Labute approximate surface area is 125 Å². The van der Waals surface area contributed by atoms with Crippen LogP contribution in [0.5, 0.6) is 0 Å². The first-order valence-corrected chi connectivity index (χ1v) is 6.70. The molecular formula is C15H14N4O3. The number of imidazole rings is 1. The van der Waals surface area contributed by atoms with Crippen molar-refractivity contribution < 1.29 is 4.79 Å². The molecule has 0 unspecified atom stereocenters. The average Bonchev–Trinajstić information content (AvgIpc) is 2.95. The number of Topliss-reactive ketones (excluding diaryl/α,β-unsaturated/α-hetero) is 1. The maximum Gasteiger partial charge on any atom is 0.332 e. The lowest BCUT2D eigenvalue weighted by Gasteiger charge is -2.08. The normalized spacial score (nSPS) is 11.0. The summed E-state index contributed by atoms with van der Waals surface area (Å²) >= 11 is 0. The van der Waals surface area contributed by atoms with Crippen molar-refractivity contribution in [2.75, 3.05) is 0 Å². The van der Waals surface area contributed by atoms with Crippen LogP contribution in [-0.2, 0) is 20.6 Å². The summed E-state index contributed by atoms with van der Waals surface area (Å²) in [7, 11) is 2.95. The van der Waals surface area contributed by atoms with E-state index < -0.39 is 11.2 Å². The van der Waals surface area contributed by atoms with E-state index in [-0.39, 0.29) is 17.8 Å². The highest BCUT2D eigenvalue weighted by molar-refractivity contribution is 5.96. The minimum Gasteiger partial charge on any atom is -0.309 e. The van der Waals surface area contributed by atoms with Crippen molar-refractivity contribution in [1.29, 1.82) is 0 Å². The van der Waals surface area contributed by atoms with Gasteiger partial charge in [0.1, 0.15) is 5.65 Å². The molecule has 7 nitrogen and oxygen atoms in total. The number of carbonyl (C=O) groups excluding carboxylic acids is 1. The monoisotopic (exact) mass is 298 g/mol. The van der Waals surface area contributed by atoms with E-state index in [4.69, 9.17) is 0 Å². The largest absolute Gasteiger partial charge is 0.332 e. The molecule has 0 saturated heterocycles. The zero-order valence-electron chi connectivity index (χ0n) is 12.2. The summed E-state index contributed by atoms with van der Waals surface area (Å²) in [5, 5.41) is 0. The number of benzene rings is 1. The Morgan fingerprint density at radius 1 is 1.09 bits per heavy atom. The summed E-state index contributed by atoms with van der Waals surface area (Å²) in [6.07, 6.45) is 1.41. The van der Waals surface area contributed by atoms with E-state index in [1.165, 1.54) is 22.5 Å². The summed E-state index contributed by atoms with van der Waals surface area (Å²) in [4.78, 5) is 40.4. The molecule has 3 aromatic rings. The Bertz CT molecular complexity index is 980. The molecule has 7 heteroatoms. The first-order chi connectivity index (χ1) is 10.5. The van der Waals surface area contributed by atoms with E-state index in [1.54, 1.807) is 31.3 Å². The molecule has 0 atom stereocenters. The molecule has 2 aromatic heterocycles. The third-order valence-corrected chi connectivity index (χ3v) is 3.62. The van der Waals surface area contributed by atoms with Crippen LogP contribution in [0.2, 0.25) is 0 Å². The minimum atomic E-state index is -0.469. The standard InChI is InChI=1S/C15H14N4O3/c1-17-13-12(14(21)18(2)15(17)22)16-9-19(13)8-11(20)10-6-4-3-5-7-10/h3-7,9H,8H2,1-2H3. The van der Waals surface area contributed by atoms with Gasteiger partial charge in [-0.3, -0.25) is 18.7 Å². The van der Waals surface area contributed by atoms with E-state index in [1.807, 2.05) is 6.07 Å². The van der Waals surface area contributed by atoms with E-state index in [0.717, 1.165) is 4.57 Å². The molecule has 0 aliphatic rings. The third kappa shape index (κ3) is 2.07. The molecule has 0 saturated carbocycles. The van der Waals surface area contributed by atoms with Gasteiger partial charge in [0.2, 0.25) is 0 Å². The fourth-order valence-corrected chi connectivity index (χ4v) is 2.43. The fourth-order valence-electron chi connectivity index (χ4n) is 2.43. The Morgan fingerprint density at radius 2 is 1.77 bits per heavy atom. The molecule has 0 radical (unpaired) electrons. The molecule has 0 amide bonds. The van der Waals surface area contributed by atoms with Crippen molar-refractivity contribution in [2.24, 2.45) is 14.1 Å². The number of hydrogen-bond acceptors (Lipinski definition) is 4. The van der Waals surface area contributed by atoms with Gasteiger partial charge in [0, 0.05) is 19.7 Å². The van der Waals surface area contributed by atoms with E-state index in [9.17, 15) is 14.4 Å². The maximum atomic E-state index is 12.3. The third-order valence-electron chi connectivity index (χ3n) is 3.62. The molecule has 0 aliphatic carbocycles. The van der Waals surface area contributed by atoms with Gasteiger partial charge in [-0.2, -0.15) is 0 Å². The van der Waals surface area contributed by atoms with Crippen molar-refractivity contribution in [1.82, 2.24) is 18.7 Å². The molecule has 112 valence electrons. The topological polar surface area (TPSA) is 78.9 Å². The summed E-state index contributed by atoms with van der Waals surface area (Å²) in [6.45, 7) is 0.0148. The van der Waals surface area contributed by atoms with Crippen molar-refractivity contribution >= 4 is 16.9 Å². The molecular weight excluding hydrogens is 284 g/mol. The molecule has 22 heavy (non-hydrogen) atoms. The number of nitrogens with zero attached hydrogens (tertiary/aromatic N) is 4. The molecule has 3 rings (SSSR count). The van der Waals surface area contributed by atoms with Crippen LogP contribution >= 0.6 is 0 Å². The van der Waals surface area contributed by atoms with Crippen molar-refractivity contribution in [3.8, 4) is 0 Å². The molecule has 2 heterocycles. The second kappa shape index (κ2) is 5.10. The van der Waals surface area contributed by atoms with Crippen LogP contribution in [-0.4, -0.2) is 24.5 Å². The number of hydrogen-bond donors (Lipinski definition) is 0. The Morgan fingerprint density at radius 3 is 2.45 bits per heavy atom. The second-order valence-electron chi connectivity index (χ2n) is 5.04. The highest BCUT2D eigenvalue weighted by Gasteiger charge is 2.16. The average molecular weight is 298 g/mol. The van der Waals surface area contributed by atoms with Gasteiger partial charge in [-0.25, -0.2) is 9.78 Å². The van der Waals surface area contributed by atoms with Crippen molar-refractivity contribution in [3.63, 3.8) is 0 Å². The fraction of sp³-hybridized carbons (Fsp3) is 0.200. The molecule has 0 fully saturated rings. The SMILES string of the molecule is Cn1c(=O)c2ncn(CC(=O)c3ccccc3)c2n(C)c1=O. The van der Waals surface area contributed by atoms with Gasteiger partial charge < -0.3 is 4.57 Å². The summed E-state index contributed by atoms with van der Waals surface area (Å²) in [5.41, 5.74) is 0.163. The lowest BCUT2D eigenvalue weighted by molar-refractivity contribution is 0.0973. The van der Waals surface area contributed by atoms with Crippen LogP contribution in [0.25, 0.3) is 11.2 Å². The van der Waals surface area contributed by atoms with Crippen LogP contribution in [0.3, 0.4) is 0 Å². The van der Waals surface area contributed by atoms with E-state index in [0.29, 0.717) is 11.2 Å². The summed E-state index contributed by atoms with van der Waals surface area (Å²) in [6, 6.07) is 8.84. The Hall–Kier alpha value is -2.96. The predicted octanol–water partition coefficient (Wildman–Crippen LogP) is 0.317. The highest BCUT2D eigenvalue weighted by Crippen LogP contribution is 2.08. The van der Waals surface area contributed by atoms with Crippen molar-refractivity contribution in [2.45, 2.75) is 6.54 Å². The van der Waals surface area contributed by atoms with Gasteiger partial charge in [-0.05, 0) is 0 Å². The lowest BCUT2D eigenvalue weighted by Crippen LogP contribution is -2.37. The van der Waals surface area contributed by atoms with Gasteiger partial charge in [0.05, 0.1) is 12.9 Å². The summed E-state index contributed by atoms with van der Waals surface area (Å²) < 4.78 is 3.84. The van der Waals surface area contributed by atoms with Crippen LogP contribution in [0, 0.1) is 0 Å². The molecule has 0 aliphatic heterocycles. The molecule has 0 spiro atoms. The number of aromatic nitrogens is 4. The van der Waals surface area contributed by atoms with Gasteiger partial charge >= 0.3 is 5.69 Å². The molecule has 0 bridgehead atoms.